The fourth-order valence-electron chi connectivity index (χ4n) is 2.69. The highest BCUT2D eigenvalue weighted by Crippen LogP contribution is 2.21. The van der Waals surface area contributed by atoms with E-state index in [1.165, 1.54) is 32.1 Å². The maximum atomic E-state index is 11.6. The Balaban J connectivity index is 2.27. The van der Waals surface area contributed by atoms with Crippen molar-refractivity contribution in [3.8, 4) is 0 Å². The molecular weight excluding hydrogens is 198 g/mol. The van der Waals surface area contributed by atoms with E-state index >= 15 is 0 Å². The Morgan fingerprint density at radius 3 is 2.69 bits per heavy atom. The lowest BCUT2D eigenvalue weighted by molar-refractivity contribution is -0.120. The van der Waals surface area contributed by atoms with Gasteiger partial charge in [-0.1, -0.05) is 26.7 Å². The van der Waals surface area contributed by atoms with Gasteiger partial charge in [-0.3, -0.25) is 9.69 Å². The number of ketones is 1. The number of hydrogen-bond donors (Lipinski definition) is 0. The largest absolute Gasteiger partial charge is 0.298 e. The van der Waals surface area contributed by atoms with Crippen LogP contribution in [0.3, 0.4) is 0 Å². The molecule has 0 radical (unpaired) electrons. The Hall–Kier alpha value is -0.370. The van der Waals surface area contributed by atoms with Gasteiger partial charge in [-0.05, 0) is 44.7 Å². The second kappa shape index (κ2) is 7.83. The monoisotopic (exact) mass is 225 g/mol. The van der Waals surface area contributed by atoms with Crippen LogP contribution in [-0.4, -0.2) is 30.3 Å². The number of carbonyl (C=O) groups excluding carboxylic acids is 1. The minimum Gasteiger partial charge on any atom is -0.298 e. The maximum Gasteiger partial charge on any atom is 0.146 e. The molecule has 1 fully saturated rings. The minimum absolute atomic E-state index is 0.427. The molecule has 1 saturated heterocycles. The number of carbonyl (C=O) groups is 1. The molecule has 0 bridgehead atoms. The van der Waals surface area contributed by atoms with E-state index in [0.717, 1.165) is 31.8 Å². The first-order valence-electron chi connectivity index (χ1n) is 7.00. The lowest BCUT2D eigenvalue weighted by Gasteiger charge is -2.19. The lowest BCUT2D eigenvalue weighted by atomic mass is 9.96. The van der Waals surface area contributed by atoms with Crippen LogP contribution >= 0.6 is 0 Å². The predicted octanol–water partition coefficient (Wildman–Crippen LogP) is 3.26. The molecule has 1 rings (SSSR count). The number of hydrogen-bond acceptors (Lipinski definition) is 2. The Morgan fingerprint density at radius 1 is 1.19 bits per heavy atom. The van der Waals surface area contributed by atoms with Crippen molar-refractivity contribution < 1.29 is 4.79 Å². The lowest BCUT2D eigenvalue weighted by Crippen LogP contribution is -2.30. The highest BCUT2D eigenvalue weighted by Gasteiger charge is 2.17. The van der Waals surface area contributed by atoms with Crippen LogP contribution < -0.4 is 0 Å². The summed E-state index contributed by atoms with van der Waals surface area (Å²) in [4.78, 5) is 14.0. The minimum atomic E-state index is 0.427. The van der Waals surface area contributed by atoms with Gasteiger partial charge in [-0.2, -0.15) is 0 Å². The van der Waals surface area contributed by atoms with Crippen molar-refractivity contribution >= 4 is 5.78 Å². The normalized spacial score (nSPS) is 23.0. The van der Waals surface area contributed by atoms with E-state index in [-0.39, 0.29) is 0 Å². The van der Waals surface area contributed by atoms with Gasteiger partial charge in [0, 0.05) is 6.42 Å². The van der Waals surface area contributed by atoms with E-state index in [1.807, 2.05) is 0 Å². The molecular formula is C14H27NO. The molecule has 1 heterocycles. The molecule has 0 aromatic rings. The summed E-state index contributed by atoms with van der Waals surface area (Å²) < 4.78 is 0. The molecule has 1 aliphatic heterocycles. The third-order valence-corrected chi connectivity index (χ3v) is 3.57. The van der Waals surface area contributed by atoms with Crippen LogP contribution in [0.4, 0.5) is 0 Å². The number of likely N-dealkylation sites (tertiary alicyclic amines) is 1. The molecule has 0 spiro atoms. The molecule has 2 nitrogen and oxygen atoms in total. The van der Waals surface area contributed by atoms with Crippen LogP contribution in [-0.2, 0) is 4.79 Å². The third-order valence-electron chi connectivity index (χ3n) is 3.57. The molecule has 94 valence electrons. The summed E-state index contributed by atoms with van der Waals surface area (Å²) in [7, 11) is 0. The van der Waals surface area contributed by atoms with Crippen LogP contribution in [0.1, 0.15) is 58.8 Å². The molecule has 16 heavy (non-hydrogen) atoms. The van der Waals surface area contributed by atoms with E-state index in [0.29, 0.717) is 12.3 Å². The molecule has 1 unspecified atom stereocenters. The summed E-state index contributed by atoms with van der Waals surface area (Å²) >= 11 is 0. The second-order valence-corrected chi connectivity index (χ2v) is 5.15. The van der Waals surface area contributed by atoms with E-state index in [9.17, 15) is 4.79 Å². The first kappa shape index (κ1) is 13.7. The van der Waals surface area contributed by atoms with Gasteiger partial charge in [-0.15, -0.1) is 0 Å². The van der Waals surface area contributed by atoms with Crippen molar-refractivity contribution in [2.24, 2.45) is 5.92 Å². The molecule has 0 aromatic heterocycles. The Labute approximate surface area is 100 Å². The number of rotatable bonds is 6. The van der Waals surface area contributed by atoms with Crippen molar-refractivity contribution in [1.29, 1.82) is 0 Å². The van der Waals surface area contributed by atoms with Gasteiger partial charge in [0.1, 0.15) is 5.78 Å². The summed E-state index contributed by atoms with van der Waals surface area (Å²) in [6, 6.07) is 0. The summed E-state index contributed by atoms with van der Waals surface area (Å²) in [5, 5.41) is 0. The Bertz CT molecular complexity index is 203. The Kier molecular flexibility index (Phi) is 6.70. The predicted molar refractivity (Wildman–Crippen MR) is 68.6 cm³/mol. The smallest absolute Gasteiger partial charge is 0.146 e. The van der Waals surface area contributed by atoms with Crippen LogP contribution in [0.15, 0.2) is 0 Å². The second-order valence-electron chi connectivity index (χ2n) is 5.15. The van der Waals surface area contributed by atoms with Gasteiger partial charge in [-0.25, -0.2) is 0 Å². The van der Waals surface area contributed by atoms with Crippen molar-refractivity contribution in [3.05, 3.63) is 0 Å². The first-order chi connectivity index (χ1) is 7.76. The van der Waals surface area contributed by atoms with Crippen molar-refractivity contribution in [2.45, 2.75) is 58.8 Å². The zero-order valence-corrected chi connectivity index (χ0v) is 11.0. The zero-order chi connectivity index (χ0) is 11.8. The summed E-state index contributed by atoms with van der Waals surface area (Å²) in [6.45, 7) is 7.33. The van der Waals surface area contributed by atoms with Crippen LogP contribution in [0, 0.1) is 5.92 Å². The molecule has 0 aliphatic carbocycles. The summed E-state index contributed by atoms with van der Waals surface area (Å²) in [5.41, 5.74) is 0. The van der Waals surface area contributed by atoms with Gasteiger partial charge in [0.15, 0.2) is 0 Å². The quantitative estimate of drug-likeness (QED) is 0.691. The van der Waals surface area contributed by atoms with Gasteiger partial charge >= 0.3 is 0 Å². The Morgan fingerprint density at radius 2 is 2.00 bits per heavy atom. The van der Waals surface area contributed by atoms with E-state index in [2.05, 4.69) is 18.7 Å². The maximum absolute atomic E-state index is 11.6. The standard InChI is InChI=1S/C14H27NO/c1-3-6-13-8-5-10-15(11-9-13)12-14(16)7-4-2/h13H,3-12H2,1-2H3. The zero-order valence-electron chi connectivity index (χ0n) is 11.0. The highest BCUT2D eigenvalue weighted by molar-refractivity contribution is 5.80. The van der Waals surface area contributed by atoms with Gasteiger partial charge < -0.3 is 0 Å². The average molecular weight is 225 g/mol. The molecule has 0 saturated carbocycles. The number of nitrogens with zero attached hydrogens (tertiary/aromatic N) is 1. The molecule has 0 aromatic carbocycles. The average Bonchev–Trinajstić information content (AvgIpc) is 2.45. The van der Waals surface area contributed by atoms with E-state index < -0.39 is 0 Å². The fraction of sp³-hybridized carbons (Fsp3) is 0.929. The summed E-state index contributed by atoms with van der Waals surface area (Å²) in [5.74, 6) is 1.34. The molecule has 1 aliphatic rings. The molecule has 0 N–H and O–H groups in total. The van der Waals surface area contributed by atoms with Crippen LogP contribution in [0.2, 0.25) is 0 Å². The topological polar surface area (TPSA) is 20.3 Å². The van der Waals surface area contributed by atoms with Crippen molar-refractivity contribution in [1.82, 2.24) is 4.90 Å². The van der Waals surface area contributed by atoms with Crippen LogP contribution in [0.5, 0.6) is 0 Å². The number of Topliss-reactive ketones (excluding diaryl/α,β-unsaturated/α-hetero) is 1. The van der Waals surface area contributed by atoms with E-state index in [1.54, 1.807) is 0 Å². The molecule has 2 heteroatoms. The van der Waals surface area contributed by atoms with Crippen molar-refractivity contribution in [3.63, 3.8) is 0 Å². The van der Waals surface area contributed by atoms with Gasteiger partial charge in [0.25, 0.3) is 0 Å². The molecule has 1 atom stereocenters. The SMILES string of the molecule is CCCC(=O)CN1CCCC(CCC)CC1. The van der Waals surface area contributed by atoms with Gasteiger partial charge in [0.2, 0.25) is 0 Å². The van der Waals surface area contributed by atoms with Crippen LogP contribution in [0.25, 0.3) is 0 Å². The highest BCUT2D eigenvalue weighted by atomic mass is 16.1. The van der Waals surface area contributed by atoms with Gasteiger partial charge in [0.05, 0.1) is 6.54 Å². The van der Waals surface area contributed by atoms with Crippen molar-refractivity contribution in [2.75, 3.05) is 19.6 Å². The summed E-state index contributed by atoms with van der Waals surface area (Å²) in [6.07, 6.45) is 8.37. The molecule has 0 amide bonds. The first-order valence-corrected chi connectivity index (χ1v) is 7.00. The fourth-order valence-corrected chi connectivity index (χ4v) is 2.69. The third kappa shape index (κ3) is 5.11. The van der Waals surface area contributed by atoms with E-state index in [4.69, 9.17) is 0 Å².